The van der Waals surface area contributed by atoms with Gasteiger partial charge in [-0.25, -0.2) is 9.97 Å². The number of ether oxygens (including phenoxy) is 1. The van der Waals surface area contributed by atoms with Crippen molar-refractivity contribution in [1.29, 1.82) is 0 Å². The van der Waals surface area contributed by atoms with Gasteiger partial charge in [-0.05, 0) is 0 Å². The Morgan fingerprint density at radius 3 is 2.67 bits per heavy atom. The summed E-state index contributed by atoms with van der Waals surface area (Å²) in [5, 5.41) is 8.83. The Hall–Kier alpha value is -2.22. The van der Waals surface area contributed by atoms with Gasteiger partial charge in [0.15, 0.2) is 11.5 Å². The van der Waals surface area contributed by atoms with Crippen LogP contribution in [0.2, 0.25) is 0 Å². The first-order chi connectivity index (χ1) is 8.56. The van der Waals surface area contributed by atoms with Gasteiger partial charge in [-0.2, -0.15) is 0 Å². The number of nitrogens with zero attached hydrogens (tertiary/aromatic N) is 3. The van der Waals surface area contributed by atoms with E-state index in [-0.39, 0.29) is 24.6 Å². The zero-order chi connectivity index (χ0) is 13.5. The topological polar surface area (TPSA) is 119 Å². The Balaban J connectivity index is 3.03. The van der Waals surface area contributed by atoms with E-state index in [1.54, 1.807) is 0 Å². The van der Waals surface area contributed by atoms with Crippen LogP contribution in [0, 0.1) is 0 Å². The summed E-state index contributed by atoms with van der Waals surface area (Å²) in [4.78, 5) is 31.1. The third-order valence-electron chi connectivity index (χ3n) is 2.10. The predicted octanol–water partition coefficient (Wildman–Crippen LogP) is -0.887. The molecule has 0 saturated heterocycles. The Labute approximate surface area is 103 Å². The molecule has 3 N–H and O–H groups in total. The summed E-state index contributed by atoms with van der Waals surface area (Å²) in [5.74, 6) is -1.66. The van der Waals surface area contributed by atoms with E-state index in [2.05, 4.69) is 9.97 Å². The van der Waals surface area contributed by atoms with Gasteiger partial charge in [0.05, 0.1) is 6.61 Å². The fourth-order valence-electron chi connectivity index (χ4n) is 1.36. The molecule has 0 unspecified atom stereocenters. The van der Waals surface area contributed by atoms with Crippen LogP contribution in [0.3, 0.4) is 0 Å². The number of carboxylic acid groups (broad SMARTS) is 1. The van der Waals surface area contributed by atoms with Gasteiger partial charge in [0.1, 0.15) is 6.54 Å². The largest absolute Gasteiger partial charge is 0.480 e. The molecular formula is C10H14N4O4. The van der Waals surface area contributed by atoms with Gasteiger partial charge in [-0.3, -0.25) is 9.59 Å². The van der Waals surface area contributed by atoms with Crippen LogP contribution in [0.4, 0.5) is 5.82 Å². The summed E-state index contributed by atoms with van der Waals surface area (Å²) < 4.78 is 4.88. The number of carbonyl (C=O) groups excluding carboxylic acids is 1. The molecular weight excluding hydrogens is 240 g/mol. The Kier molecular flexibility index (Phi) is 5.00. The van der Waals surface area contributed by atoms with E-state index in [0.717, 1.165) is 0 Å². The highest BCUT2D eigenvalue weighted by atomic mass is 16.5. The van der Waals surface area contributed by atoms with Crippen molar-refractivity contribution in [3.8, 4) is 0 Å². The van der Waals surface area contributed by atoms with Crippen LogP contribution >= 0.6 is 0 Å². The van der Waals surface area contributed by atoms with Crippen molar-refractivity contribution in [3.05, 3.63) is 18.1 Å². The van der Waals surface area contributed by atoms with Crippen molar-refractivity contribution in [1.82, 2.24) is 9.97 Å². The van der Waals surface area contributed by atoms with Gasteiger partial charge in [0, 0.05) is 26.0 Å². The van der Waals surface area contributed by atoms with Crippen molar-refractivity contribution in [2.45, 2.75) is 0 Å². The van der Waals surface area contributed by atoms with Gasteiger partial charge >= 0.3 is 5.97 Å². The highest BCUT2D eigenvalue weighted by Gasteiger charge is 2.19. The number of anilines is 1. The molecule has 0 atom stereocenters. The number of amides is 1. The number of hydrogen-bond acceptors (Lipinski definition) is 6. The summed E-state index contributed by atoms with van der Waals surface area (Å²) in [6.07, 6.45) is 2.68. The number of rotatable bonds is 7. The lowest BCUT2D eigenvalue weighted by Gasteiger charge is -2.22. The predicted molar refractivity (Wildman–Crippen MR) is 62.3 cm³/mol. The molecule has 1 amide bonds. The van der Waals surface area contributed by atoms with Gasteiger partial charge in [-0.1, -0.05) is 0 Å². The number of aliphatic carboxylic acids is 1. The van der Waals surface area contributed by atoms with Gasteiger partial charge in [-0.15, -0.1) is 0 Å². The maximum absolute atomic E-state index is 11.2. The Bertz CT molecular complexity index is 438. The highest BCUT2D eigenvalue weighted by molar-refractivity contribution is 5.96. The number of carbonyl (C=O) groups is 2. The average Bonchev–Trinajstić information content (AvgIpc) is 2.34. The lowest BCUT2D eigenvalue weighted by Crippen LogP contribution is -2.35. The minimum atomic E-state index is -1.05. The molecule has 1 aromatic rings. The van der Waals surface area contributed by atoms with E-state index in [9.17, 15) is 9.59 Å². The Morgan fingerprint density at radius 1 is 1.44 bits per heavy atom. The lowest BCUT2D eigenvalue weighted by atomic mass is 10.3. The van der Waals surface area contributed by atoms with E-state index in [1.165, 1.54) is 24.4 Å². The molecule has 8 nitrogen and oxygen atoms in total. The van der Waals surface area contributed by atoms with Crippen LogP contribution in [-0.4, -0.2) is 53.8 Å². The second kappa shape index (κ2) is 6.50. The Morgan fingerprint density at radius 2 is 2.11 bits per heavy atom. The maximum Gasteiger partial charge on any atom is 0.323 e. The molecule has 0 aliphatic carbocycles. The molecule has 0 saturated carbocycles. The van der Waals surface area contributed by atoms with Crippen LogP contribution in [0.15, 0.2) is 12.4 Å². The summed E-state index contributed by atoms with van der Waals surface area (Å²) in [5.41, 5.74) is 5.10. The van der Waals surface area contributed by atoms with E-state index >= 15 is 0 Å². The number of carboxylic acids is 1. The minimum absolute atomic E-state index is 0.0603. The molecule has 8 heteroatoms. The summed E-state index contributed by atoms with van der Waals surface area (Å²) in [6, 6.07) is 0. The number of primary amides is 1. The van der Waals surface area contributed by atoms with Crippen molar-refractivity contribution < 1.29 is 19.4 Å². The number of hydrogen-bond donors (Lipinski definition) is 2. The summed E-state index contributed by atoms with van der Waals surface area (Å²) in [6.45, 7) is 0.242. The quantitative estimate of drug-likeness (QED) is 0.648. The van der Waals surface area contributed by atoms with E-state index in [0.29, 0.717) is 6.61 Å². The molecule has 1 heterocycles. The van der Waals surface area contributed by atoms with Gasteiger partial charge in [0.25, 0.3) is 5.91 Å². The van der Waals surface area contributed by atoms with Crippen LogP contribution in [0.5, 0.6) is 0 Å². The molecule has 0 bridgehead atoms. The van der Waals surface area contributed by atoms with Gasteiger partial charge < -0.3 is 20.5 Å². The monoisotopic (exact) mass is 254 g/mol. The molecule has 0 radical (unpaired) electrons. The molecule has 1 rings (SSSR count). The summed E-state index contributed by atoms with van der Waals surface area (Å²) >= 11 is 0. The first-order valence-corrected chi connectivity index (χ1v) is 5.12. The molecule has 0 fully saturated rings. The third kappa shape index (κ3) is 3.67. The molecule has 98 valence electrons. The SMILES string of the molecule is COCCN(CC(=O)O)c1nccnc1C(N)=O. The number of nitrogens with two attached hydrogens (primary N) is 1. The van der Waals surface area contributed by atoms with Crippen molar-refractivity contribution in [2.75, 3.05) is 31.7 Å². The zero-order valence-electron chi connectivity index (χ0n) is 9.87. The number of methoxy groups -OCH3 is 1. The van der Waals surface area contributed by atoms with Crippen molar-refractivity contribution >= 4 is 17.7 Å². The van der Waals surface area contributed by atoms with Crippen LogP contribution in [0.1, 0.15) is 10.5 Å². The van der Waals surface area contributed by atoms with Gasteiger partial charge in [0.2, 0.25) is 0 Å². The first kappa shape index (κ1) is 13.8. The average molecular weight is 254 g/mol. The normalized spacial score (nSPS) is 10.1. The highest BCUT2D eigenvalue weighted by Crippen LogP contribution is 2.13. The van der Waals surface area contributed by atoms with E-state index < -0.39 is 11.9 Å². The molecule has 18 heavy (non-hydrogen) atoms. The molecule has 0 aromatic carbocycles. The molecule has 0 aliphatic heterocycles. The maximum atomic E-state index is 11.2. The molecule has 1 aromatic heterocycles. The zero-order valence-corrected chi connectivity index (χ0v) is 9.87. The smallest absolute Gasteiger partial charge is 0.323 e. The second-order valence-electron chi connectivity index (χ2n) is 3.40. The summed E-state index contributed by atoms with van der Waals surface area (Å²) in [7, 11) is 1.49. The van der Waals surface area contributed by atoms with Crippen molar-refractivity contribution in [2.24, 2.45) is 5.73 Å². The van der Waals surface area contributed by atoms with Crippen LogP contribution < -0.4 is 10.6 Å². The van der Waals surface area contributed by atoms with E-state index in [1.807, 2.05) is 0 Å². The second-order valence-corrected chi connectivity index (χ2v) is 3.40. The fourth-order valence-corrected chi connectivity index (χ4v) is 1.36. The van der Waals surface area contributed by atoms with Crippen molar-refractivity contribution in [3.63, 3.8) is 0 Å². The molecule has 0 aliphatic rings. The lowest BCUT2D eigenvalue weighted by molar-refractivity contribution is -0.135. The third-order valence-corrected chi connectivity index (χ3v) is 2.10. The standard InChI is InChI=1S/C10H14N4O4/c1-18-5-4-14(6-7(15)16)10-8(9(11)17)12-2-3-13-10/h2-3H,4-6H2,1H3,(H2,11,17)(H,15,16). The minimum Gasteiger partial charge on any atom is -0.480 e. The first-order valence-electron chi connectivity index (χ1n) is 5.12. The van der Waals surface area contributed by atoms with Crippen LogP contribution in [0.25, 0.3) is 0 Å². The fraction of sp³-hybridized carbons (Fsp3) is 0.400. The van der Waals surface area contributed by atoms with Crippen LogP contribution in [-0.2, 0) is 9.53 Å². The van der Waals surface area contributed by atoms with E-state index in [4.69, 9.17) is 15.6 Å². The number of aromatic nitrogens is 2. The molecule has 0 spiro atoms.